The molecule has 0 unspecified atom stereocenters. The largest absolute Gasteiger partial charge is 0.478 e. The molecular formula is C18H15IN2O8. The van der Waals surface area contributed by atoms with E-state index in [2.05, 4.69) is 5.32 Å². The lowest BCUT2D eigenvalue weighted by Gasteiger charge is -2.09. The van der Waals surface area contributed by atoms with Crippen LogP contribution in [-0.2, 0) is 20.6 Å². The van der Waals surface area contributed by atoms with Gasteiger partial charge in [-0.25, -0.2) is 14.4 Å². The number of nitro benzene ring substituents is 1. The molecule has 1 amide bonds. The Balaban J connectivity index is 1.80. The number of rotatable bonds is 8. The molecule has 0 aliphatic carbocycles. The first-order valence-corrected chi connectivity index (χ1v) is 9.59. The van der Waals surface area contributed by atoms with E-state index < -0.39 is 29.5 Å². The van der Waals surface area contributed by atoms with Crippen LogP contribution in [0.1, 0.15) is 21.5 Å². The molecule has 2 aromatic carbocycles. The molecule has 10 nitrogen and oxygen atoms in total. The van der Waals surface area contributed by atoms with Crippen molar-refractivity contribution >= 4 is 46.3 Å². The van der Waals surface area contributed by atoms with Gasteiger partial charge in [-0.1, -0.05) is 22.6 Å². The van der Waals surface area contributed by atoms with Gasteiger partial charge in [0.1, 0.15) is 18.9 Å². The summed E-state index contributed by atoms with van der Waals surface area (Å²) in [6.45, 7) is -0.589. The normalized spacial score (nSPS) is 10.1. The van der Waals surface area contributed by atoms with Crippen LogP contribution in [0.4, 0.5) is 10.5 Å². The fourth-order valence-electron chi connectivity index (χ4n) is 2.18. The number of carboxylic acids is 1. The standard InChI is InChI=1S/C18H15IN2O8/c19-8-12-7-14(5-6-15(12)17(23)24)29-16(22)9-20-18(25)28-10-11-1-3-13(4-2-11)21(26)27/h1-7H,8-10H2,(H,20,25)(H,23,24). The molecule has 0 heterocycles. The highest BCUT2D eigenvalue weighted by molar-refractivity contribution is 14.1. The molecule has 2 aromatic rings. The molecule has 0 spiro atoms. The summed E-state index contributed by atoms with van der Waals surface area (Å²) < 4.78 is 10.4. The van der Waals surface area contributed by atoms with Crippen molar-refractivity contribution in [1.82, 2.24) is 5.32 Å². The molecule has 0 saturated heterocycles. The molecular weight excluding hydrogens is 499 g/mol. The third-order valence-electron chi connectivity index (χ3n) is 3.58. The molecule has 0 aliphatic rings. The van der Waals surface area contributed by atoms with Crippen molar-refractivity contribution < 1.29 is 33.9 Å². The molecule has 0 aromatic heterocycles. The molecule has 2 N–H and O–H groups in total. The van der Waals surface area contributed by atoms with Crippen molar-refractivity contribution in [2.75, 3.05) is 6.54 Å². The summed E-state index contributed by atoms with van der Waals surface area (Å²) in [5, 5.41) is 21.9. The van der Waals surface area contributed by atoms with Crippen LogP contribution in [0.3, 0.4) is 0 Å². The predicted octanol–water partition coefficient (Wildman–Crippen LogP) is 3.06. The number of carbonyl (C=O) groups is 3. The fraction of sp³-hybridized carbons (Fsp3) is 0.167. The van der Waals surface area contributed by atoms with Crippen molar-refractivity contribution in [3.63, 3.8) is 0 Å². The van der Waals surface area contributed by atoms with Gasteiger partial charge in [-0.05, 0) is 41.5 Å². The van der Waals surface area contributed by atoms with E-state index in [0.29, 0.717) is 15.6 Å². The Bertz CT molecular complexity index is 930. The van der Waals surface area contributed by atoms with Crippen LogP contribution in [0, 0.1) is 10.1 Å². The summed E-state index contributed by atoms with van der Waals surface area (Å²) >= 11 is 2.00. The number of non-ortho nitro benzene ring substituents is 1. The van der Waals surface area contributed by atoms with Crippen molar-refractivity contribution in [2.24, 2.45) is 0 Å². The summed E-state index contributed by atoms with van der Waals surface area (Å²) in [6.07, 6.45) is -0.866. The van der Waals surface area contributed by atoms with Crippen LogP contribution in [0.5, 0.6) is 5.75 Å². The van der Waals surface area contributed by atoms with Gasteiger partial charge in [0.05, 0.1) is 10.5 Å². The minimum absolute atomic E-state index is 0.0805. The average molecular weight is 514 g/mol. The quantitative estimate of drug-likeness (QED) is 0.137. The number of hydrogen-bond acceptors (Lipinski definition) is 7. The van der Waals surface area contributed by atoms with Gasteiger partial charge in [-0.3, -0.25) is 10.1 Å². The van der Waals surface area contributed by atoms with Crippen molar-refractivity contribution in [3.8, 4) is 5.75 Å². The molecule has 152 valence electrons. The fourth-order valence-corrected chi connectivity index (χ4v) is 2.81. The number of nitrogens with one attached hydrogen (secondary N) is 1. The van der Waals surface area contributed by atoms with Gasteiger partial charge in [-0.2, -0.15) is 0 Å². The first kappa shape index (κ1) is 22.1. The number of carbonyl (C=O) groups excluding carboxylic acids is 2. The molecule has 0 aliphatic heterocycles. The van der Waals surface area contributed by atoms with Gasteiger partial charge in [0, 0.05) is 16.6 Å². The van der Waals surface area contributed by atoms with E-state index in [1.807, 2.05) is 22.6 Å². The molecule has 2 rings (SSSR count). The average Bonchev–Trinajstić information content (AvgIpc) is 2.70. The van der Waals surface area contributed by atoms with Crippen LogP contribution < -0.4 is 10.1 Å². The third-order valence-corrected chi connectivity index (χ3v) is 4.40. The van der Waals surface area contributed by atoms with E-state index in [-0.39, 0.29) is 23.6 Å². The van der Waals surface area contributed by atoms with Gasteiger partial charge in [-0.15, -0.1) is 0 Å². The number of benzene rings is 2. The molecule has 0 fully saturated rings. The van der Waals surface area contributed by atoms with E-state index in [1.54, 1.807) is 0 Å². The summed E-state index contributed by atoms with van der Waals surface area (Å²) in [7, 11) is 0. The Morgan fingerprint density at radius 2 is 1.83 bits per heavy atom. The minimum atomic E-state index is -1.08. The maximum absolute atomic E-state index is 11.8. The lowest BCUT2D eigenvalue weighted by molar-refractivity contribution is -0.384. The first-order chi connectivity index (χ1) is 13.8. The molecule has 0 bridgehead atoms. The number of alkyl carbamates (subject to hydrolysis) is 1. The lowest BCUT2D eigenvalue weighted by atomic mass is 10.1. The molecule has 0 saturated carbocycles. The Hall–Kier alpha value is -3.22. The van der Waals surface area contributed by atoms with Crippen molar-refractivity contribution in [2.45, 2.75) is 11.0 Å². The second kappa shape index (κ2) is 10.4. The van der Waals surface area contributed by atoms with E-state index in [9.17, 15) is 24.5 Å². The number of esters is 1. The number of nitrogens with zero attached hydrogens (tertiary/aromatic N) is 1. The van der Waals surface area contributed by atoms with E-state index in [0.717, 1.165) is 0 Å². The van der Waals surface area contributed by atoms with Crippen LogP contribution >= 0.6 is 22.6 Å². The Labute approximate surface area is 178 Å². The van der Waals surface area contributed by atoms with Gasteiger partial charge in [0.15, 0.2) is 0 Å². The SMILES string of the molecule is O=C(CNC(=O)OCc1ccc([N+](=O)[O-])cc1)Oc1ccc(C(=O)O)c(CI)c1. The van der Waals surface area contributed by atoms with Crippen LogP contribution in [0.25, 0.3) is 0 Å². The maximum atomic E-state index is 11.8. The van der Waals surface area contributed by atoms with Crippen LogP contribution in [-0.4, -0.2) is 34.6 Å². The molecule has 29 heavy (non-hydrogen) atoms. The summed E-state index contributed by atoms with van der Waals surface area (Å²) in [4.78, 5) is 44.6. The summed E-state index contributed by atoms with van der Waals surface area (Å²) in [6, 6.07) is 9.60. The highest BCUT2D eigenvalue weighted by Gasteiger charge is 2.13. The summed E-state index contributed by atoms with van der Waals surface area (Å²) in [5.41, 5.74) is 1.08. The smallest absolute Gasteiger partial charge is 0.407 e. The first-order valence-electron chi connectivity index (χ1n) is 8.07. The highest BCUT2D eigenvalue weighted by atomic mass is 127. The zero-order valence-corrected chi connectivity index (χ0v) is 17.0. The van der Waals surface area contributed by atoms with Crippen molar-refractivity contribution in [1.29, 1.82) is 0 Å². The van der Waals surface area contributed by atoms with Gasteiger partial charge >= 0.3 is 18.0 Å². The number of carboxylic acid groups (broad SMARTS) is 1. The monoisotopic (exact) mass is 514 g/mol. The second-order valence-corrected chi connectivity index (χ2v) is 6.35. The number of halogens is 1. The van der Waals surface area contributed by atoms with Gasteiger partial charge in [0.2, 0.25) is 0 Å². The van der Waals surface area contributed by atoms with E-state index in [4.69, 9.17) is 14.6 Å². The maximum Gasteiger partial charge on any atom is 0.407 e. The lowest BCUT2D eigenvalue weighted by Crippen LogP contribution is -2.32. The Kier molecular flexibility index (Phi) is 7.88. The van der Waals surface area contributed by atoms with Gasteiger partial charge < -0.3 is 19.9 Å². The Morgan fingerprint density at radius 1 is 1.14 bits per heavy atom. The zero-order valence-electron chi connectivity index (χ0n) is 14.8. The number of amides is 1. The van der Waals surface area contributed by atoms with E-state index in [1.165, 1.54) is 42.5 Å². The van der Waals surface area contributed by atoms with Gasteiger partial charge in [0.25, 0.3) is 5.69 Å². The van der Waals surface area contributed by atoms with E-state index >= 15 is 0 Å². The number of hydrogen-bond donors (Lipinski definition) is 2. The Morgan fingerprint density at radius 3 is 2.41 bits per heavy atom. The molecule has 0 atom stereocenters. The zero-order chi connectivity index (χ0) is 21.4. The third kappa shape index (κ3) is 6.71. The highest BCUT2D eigenvalue weighted by Crippen LogP contribution is 2.20. The van der Waals surface area contributed by atoms with Crippen LogP contribution in [0.15, 0.2) is 42.5 Å². The number of aromatic carboxylic acids is 1. The topological polar surface area (TPSA) is 145 Å². The number of alkyl halides is 1. The van der Waals surface area contributed by atoms with Crippen LogP contribution in [0.2, 0.25) is 0 Å². The predicted molar refractivity (Wildman–Crippen MR) is 108 cm³/mol. The summed E-state index contributed by atoms with van der Waals surface area (Å²) in [5.74, 6) is -1.68. The second-order valence-electron chi connectivity index (χ2n) is 5.59. The number of nitro groups is 1. The minimum Gasteiger partial charge on any atom is -0.478 e. The molecule has 11 heteroatoms. The number of ether oxygens (including phenoxy) is 2. The molecule has 0 radical (unpaired) electrons. The van der Waals surface area contributed by atoms with Crippen molar-refractivity contribution in [3.05, 3.63) is 69.3 Å².